The minimum absolute atomic E-state index is 0.0523. The monoisotopic (exact) mass is 343 g/mol. The third-order valence-electron chi connectivity index (χ3n) is 7.38. The number of rotatable bonds is 4. The molecule has 0 heterocycles. The lowest BCUT2D eigenvalue weighted by Gasteiger charge is -2.63. The van der Waals surface area contributed by atoms with Gasteiger partial charge < -0.3 is 0 Å². The zero-order valence-corrected chi connectivity index (χ0v) is 15.1. The van der Waals surface area contributed by atoms with Gasteiger partial charge in [-0.15, -0.1) is 0 Å². The van der Waals surface area contributed by atoms with Gasteiger partial charge in [0.2, 0.25) is 0 Å². The van der Waals surface area contributed by atoms with Crippen LogP contribution in [0.4, 0.5) is 0 Å². The first-order valence-corrected chi connectivity index (χ1v) is 9.93. The van der Waals surface area contributed by atoms with Crippen LogP contribution in [0.3, 0.4) is 0 Å². The van der Waals surface area contributed by atoms with E-state index in [4.69, 9.17) is 0 Å². The van der Waals surface area contributed by atoms with E-state index >= 15 is 0 Å². The topological polar surface area (TPSA) is 48.8 Å². The van der Waals surface area contributed by atoms with Crippen molar-refractivity contribution in [3.8, 4) is 0 Å². The van der Waals surface area contributed by atoms with Gasteiger partial charge >= 0.3 is 0 Å². The summed E-state index contributed by atoms with van der Waals surface area (Å²) in [5.41, 5.74) is 11.5. The van der Waals surface area contributed by atoms with Crippen LogP contribution in [0.1, 0.15) is 49.7 Å². The van der Waals surface area contributed by atoms with Crippen molar-refractivity contribution in [2.45, 2.75) is 44.1 Å². The maximum atomic E-state index is 9.68. The molecule has 0 atom stereocenters. The van der Waals surface area contributed by atoms with E-state index in [9.17, 15) is 5.53 Å². The predicted octanol–water partition coefficient (Wildman–Crippen LogP) is 6.46. The summed E-state index contributed by atoms with van der Waals surface area (Å²) in [5.74, 6) is 2.42. The maximum Gasteiger partial charge on any atom is 0.104 e. The van der Waals surface area contributed by atoms with E-state index in [0.29, 0.717) is 0 Å². The van der Waals surface area contributed by atoms with Gasteiger partial charge in [-0.25, -0.2) is 0 Å². The summed E-state index contributed by atoms with van der Waals surface area (Å²) in [5, 5.41) is 4.67. The molecule has 0 radical (unpaired) electrons. The normalized spacial score (nSPS) is 32.2. The average molecular weight is 343 g/mol. The van der Waals surface area contributed by atoms with Crippen LogP contribution >= 0.6 is 0 Å². The van der Waals surface area contributed by atoms with Gasteiger partial charge in [0, 0.05) is 4.91 Å². The second-order valence-corrected chi connectivity index (χ2v) is 8.83. The van der Waals surface area contributed by atoms with Crippen molar-refractivity contribution in [1.82, 2.24) is 0 Å². The first-order valence-electron chi connectivity index (χ1n) is 9.93. The first-order chi connectivity index (χ1) is 12.8. The molecule has 0 aliphatic heterocycles. The molecule has 0 spiro atoms. The Kier molecular flexibility index (Phi) is 3.62. The highest BCUT2D eigenvalue weighted by Gasteiger charge is 2.61. The van der Waals surface area contributed by atoms with Crippen LogP contribution in [0.2, 0.25) is 0 Å². The van der Waals surface area contributed by atoms with Crippen molar-refractivity contribution in [3.05, 3.63) is 82.2 Å². The largest absolute Gasteiger partial charge is 0.104 e. The van der Waals surface area contributed by atoms with Crippen molar-refractivity contribution >= 4 is 0 Å². The van der Waals surface area contributed by atoms with E-state index in [1.807, 2.05) is 0 Å². The Morgan fingerprint density at radius 3 is 1.58 bits per heavy atom. The van der Waals surface area contributed by atoms with E-state index in [0.717, 1.165) is 28.9 Å². The third kappa shape index (κ3) is 2.17. The van der Waals surface area contributed by atoms with Gasteiger partial charge in [0.25, 0.3) is 0 Å². The predicted molar refractivity (Wildman–Crippen MR) is 103 cm³/mol. The van der Waals surface area contributed by atoms with Crippen LogP contribution in [-0.2, 0) is 5.54 Å². The van der Waals surface area contributed by atoms with E-state index in [1.54, 1.807) is 0 Å². The molecule has 4 bridgehead atoms. The van der Waals surface area contributed by atoms with Gasteiger partial charge in [-0.05, 0) is 78.4 Å². The standard InChI is InChI=1S/C23H25N3/c24-26-25-23(20-7-3-1-4-8-20,21-9-5-2-6-10-21)22-14-17-11-18(15-22)13-19(12-17)16-22/h1-10,17-19H,11-16H2. The zero-order chi connectivity index (χ0) is 17.6. The van der Waals surface area contributed by atoms with Gasteiger partial charge in [-0.1, -0.05) is 65.8 Å². The first kappa shape index (κ1) is 16.0. The zero-order valence-electron chi connectivity index (χ0n) is 15.1. The summed E-state index contributed by atoms with van der Waals surface area (Å²) in [7, 11) is 0. The van der Waals surface area contributed by atoms with Crippen LogP contribution in [0.15, 0.2) is 65.8 Å². The molecule has 0 aromatic heterocycles. The Morgan fingerprint density at radius 1 is 0.769 bits per heavy atom. The summed E-state index contributed by atoms with van der Waals surface area (Å²) in [6, 6.07) is 21.1. The smallest absolute Gasteiger partial charge is 0.0772 e. The lowest BCUT2D eigenvalue weighted by atomic mass is 9.43. The molecule has 26 heavy (non-hydrogen) atoms. The fourth-order valence-electron chi connectivity index (χ4n) is 6.98. The molecule has 4 aliphatic rings. The van der Waals surface area contributed by atoms with Crippen LogP contribution in [0, 0.1) is 23.2 Å². The summed E-state index contributed by atoms with van der Waals surface area (Å²) in [4.78, 5) is 3.44. The molecule has 2 aromatic carbocycles. The number of hydrogen-bond acceptors (Lipinski definition) is 1. The third-order valence-corrected chi connectivity index (χ3v) is 7.38. The molecule has 3 nitrogen and oxygen atoms in total. The molecule has 6 rings (SSSR count). The maximum absolute atomic E-state index is 9.68. The van der Waals surface area contributed by atoms with Gasteiger partial charge in [0.05, 0.1) is 0 Å². The SMILES string of the molecule is [N-]=[N+]=NC(c1ccccc1)(c1ccccc1)C12CC3CC(CC(C3)C1)C2. The average Bonchev–Trinajstić information content (AvgIpc) is 2.66. The summed E-state index contributed by atoms with van der Waals surface area (Å²) < 4.78 is 0. The van der Waals surface area contributed by atoms with Crippen molar-refractivity contribution < 1.29 is 0 Å². The molecule has 0 N–H and O–H groups in total. The van der Waals surface area contributed by atoms with E-state index in [1.165, 1.54) is 38.5 Å². The molecule has 4 aliphatic carbocycles. The molecule has 0 amide bonds. The number of hydrogen-bond donors (Lipinski definition) is 0. The summed E-state index contributed by atoms with van der Waals surface area (Å²) in [6.07, 6.45) is 7.74. The lowest BCUT2D eigenvalue weighted by Crippen LogP contribution is -2.56. The number of benzene rings is 2. The van der Waals surface area contributed by atoms with E-state index < -0.39 is 5.54 Å². The fourth-order valence-corrected chi connectivity index (χ4v) is 6.98. The van der Waals surface area contributed by atoms with Gasteiger partial charge in [-0.2, -0.15) is 0 Å². The van der Waals surface area contributed by atoms with E-state index in [-0.39, 0.29) is 5.41 Å². The van der Waals surface area contributed by atoms with Gasteiger partial charge in [0.15, 0.2) is 0 Å². The molecule has 2 aromatic rings. The fraction of sp³-hybridized carbons (Fsp3) is 0.478. The quantitative estimate of drug-likeness (QED) is 0.348. The Balaban J connectivity index is 1.78. The molecule has 4 saturated carbocycles. The molecular weight excluding hydrogens is 318 g/mol. The van der Waals surface area contributed by atoms with E-state index in [2.05, 4.69) is 70.7 Å². The highest BCUT2D eigenvalue weighted by molar-refractivity contribution is 5.43. The van der Waals surface area contributed by atoms with Crippen LogP contribution in [-0.4, -0.2) is 0 Å². The molecule has 0 unspecified atom stereocenters. The summed E-state index contributed by atoms with van der Waals surface area (Å²) >= 11 is 0. The summed E-state index contributed by atoms with van der Waals surface area (Å²) in [6.45, 7) is 0. The Bertz CT molecular complexity index is 761. The second kappa shape index (κ2) is 5.89. The Labute approximate surface area is 155 Å². The minimum atomic E-state index is -0.597. The van der Waals surface area contributed by atoms with Crippen molar-refractivity contribution in [2.24, 2.45) is 28.3 Å². The van der Waals surface area contributed by atoms with Crippen molar-refractivity contribution in [2.75, 3.05) is 0 Å². The van der Waals surface area contributed by atoms with Crippen molar-refractivity contribution in [3.63, 3.8) is 0 Å². The molecular formula is C23H25N3. The minimum Gasteiger partial charge on any atom is -0.0772 e. The van der Waals surface area contributed by atoms with Crippen LogP contribution in [0.25, 0.3) is 10.4 Å². The van der Waals surface area contributed by atoms with Crippen LogP contribution < -0.4 is 0 Å². The van der Waals surface area contributed by atoms with Gasteiger partial charge in [0.1, 0.15) is 5.54 Å². The number of nitrogens with zero attached hydrogens (tertiary/aromatic N) is 3. The highest BCUT2D eigenvalue weighted by atomic mass is 15.2. The molecule has 4 fully saturated rings. The van der Waals surface area contributed by atoms with Crippen molar-refractivity contribution in [1.29, 1.82) is 0 Å². The second-order valence-electron chi connectivity index (χ2n) is 8.83. The molecule has 0 saturated heterocycles. The number of azide groups is 1. The van der Waals surface area contributed by atoms with Gasteiger partial charge in [-0.3, -0.25) is 0 Å². The lowest BCUT2D eigenvalue weighted by molar-refractivity contribution is -0.0890. The van der Waals surface area contributed by atoms with Crippen LogP contribution in [0.5, 0.6) is 0 Å². The Morgan fingerprint density at radius 2 is 1.19 bits per heavy atom. The molecule has 3 heteroatoms. The Hall–Kier alpha value is -2.25. The molecule has 132 valence electrons. The highest BCUT2D eigenvalue weighted by Crippen LogP contribution is 2.68.